The van der Waals surface area contributed by atoms with Crippen LogP contribution in [0.3, 0.4) is 0 Å². The molecule has 3 heteroatoms. The highest BCUT2D eigenvalue weighted by molar-refractivity contribution is 5.87. The van der Waals surface area contributed by atoms with Crippen molar-refractivity contribution in [3.8, 4) is 0 Å². The lowest BCUT2D eigenvalue weighted by Crippen LogP contribution is -2.23. The van der Waals surface area contributed by atoms with E-state index in [-0.39, 0.29) is 0 Å². The Morgan fingerprint density at radius 1 is 1.40 bits per heavy atom. The van der Waals surface area contributed by atoms with E-state index in [0.717, 1.165) is 5.56 Å². The molecule has 1 rings (SSSR count). The Kier molecular flexibility index (Phi) is 4.31. The smallest absolute Gasteiger partial charge is 0.332 e. The van der Waals surface area contributed by atoms with Gasteiger partial charge in [0.2, 0.25) is 0 Å². The summed E-state index contributed by atoms with van der Waals surface area (Å²) in [6.07, 6.45) is 3.60. The highest BCUT2D eigenvalue weighted by atomic mass is 16.5. The number of rotatable bonds is 4. The molecule has 0 saturated heterocycles. The van der Waals surface area contributed by atoms with Crippen LogP contribution < -0.4 is 5.73 Å². The third-order valence-corrected chi connectivity index (χ3v) is 1.70. The van der Waals surface area contributed by atoms with Crippen molar-refractivity contribution in [2.75, 3.05) is 0 Å². The Morgan fingerprint density at radius 2 is 2.07 bits per heavy atom. The first-order valence-electron chi connectivity index (χ1n) is 4.54. The standard InChI is InChI=1S/C12H13NO2/c1-2-11(13)15-12(14)9-8-10-6-4-3-5-7-10/h2-9,11H,1,13H2. The summed E-state index contributed by atoms with van der Waals surface area (Å²) in [6, 6.07) is 9.46. The average Bonchev–Trinajstić information content (AvgIpc) is 2.27. The summed E-state index contributed by atoms with van der Waals surface area (Å²) in [6.45, 7) is 3.41. The second kappa shape index (κ2) is 5.78. The molecule has 0 aliphatic heterocycles. The van der Waals surface area contributed by atoms with Gasteiger partial charge in [-0.25, -0.2) is 4.79 Å². The second-order valence-corrected chi connectivity index (χ2v) is 2.88. The summed E-state index contributed by atoms with van der Waals surface area (Å²) in [5.41, 5.74) is 6.28. The monoisotopic (exact) mass is 203 g/mol. The normalized spacial score (nSPS) is 12.3. The molecule has 0 aliphatic carbocycles. The zero-order valence-electron chi connectivity index (χ0n) is 8.30. The number of benzene rings is 1. The minimum atomic E-state index is -0.752. The molecule has 0 spiro atoms. The highest BCUT2D eigenvalue weighted by Crippen LogP contribution is 2.01. The van der Waals surface area contributed by atoms with Gasteiger partial charge in [-0.05, 0) is 17.7 Å². The maximum absolute atomic E-state index is 11.1. The number of carbonyl (C=O) groups excluding carboxylic acids is 1. The van der Waals surface area contributed by atoms with Crippen LogP contribution in [0.25, 0.3) is 6.08 Å². The fourth-order valence-corrected chi connectivity index (χ4v) is 0.950. The van der Waals surface area contributed by atoms with Crippen LogP contribution in [0.2, 0.25) is 0 Å². The minimum Gasteiger partial charge on any atom is -0.440 e. The number of hydrogen-bond donors (Lipinski definition) is 1. The van der Waals surface area contributed by atoms with Crippen molar-refractivity contribution >= 4 is 12.0 Å². The van der Waals surface area contributed by atoms with Crippen molar-refractivity contribution in [2.24, 2.45) is 5.73 Å². The molecule has 0 aromatic heterocycles. The van der Waals surface area contributed by atoms with E-state index in [2.05, 4.69) is 6.58 Å². The van der Waals surface area contributed by atoms with Crippen LogP contribution >= 0.6 is 0 Å². The minimum absolute atomic E-state index is 0.480. The number of esters is 1. The van der Waals surface area contributed by atoms with Crippen LogP contribution in [0.4, 0.5) is 0 Å². The predicted octanol–water partition coefficient (Wildman–Crippen LogP) is 1.71. The van der Waals surface area contributed by atoms with Crippen LogP contribution in [0, 0.1) is 0 Å². The zero-order valence-corrected chi connectivity index (χ0v) is 8.30. The fraction of sp³-hybridized carbons (Fsp3) is 0.0833. The fourth-order valence-electron chi connectivity index (χ4n) is 0.950. The van der Waals surface area contributed by atoms with E-state index in [9.17, 15) is 4.79 Å². The van der Waals surface area contributed by atoms with E-state index in [0.29, 0.717) is 0 Å². The molecule has 1 unspecified atom stereocenters. The maximum Gasteiger partial charge on any atom is 0.332 e. The Labute approximate surface area is 88.9 Å². The summed E-state index contributed by atoms with van der Waals surface area (Å²) in [5.74, 6) is -0.480. The van der Waals surface area contributed by atoms with Crippen molar-refractivity contribution in [3.05, 3.63) is 54.6 Å². The molecule has 78 valence electrons. The van der Waals surface area contributed by atoms with E-state index >= 15 is 0 Å². The van der Waals surface area contributed by atoms with E-state index in [4.69, 9.17) is 10.5 Å². The average molecular weight is 203 g/mol. The maximum atomic E-state index is 11.1. The van der Waals surface area contributed by atoms with Crippen molar-refractivity contribution < 1.29 is 9.53 Å². The molecule has 1 atom stereocenters. The van der Waals surface area contributed by atoms with Gasteiger partial charge in [0.1, 0.15) is 0 Å². The molecule has 15 heavy (non-hydrogen) atoms. The van der Waals surface area contributed by atoms with Gasteiger partial charge in [0.05, 0.1) is 0 Å². The van der Waals surface area contributed by atoms with Gasteiger partial charge in [-0.2, -0.15) is 0 Å². The Bertz CT molecular complexity index is 357. The molecular weight excluding hydrogens is 190 g/mol. The molecule has 0 fully saturated rings. The topological polar surface area (TPSA) is 52.3 Å². The summed E-state index contributed by atoms with van der Waals surface area (Å²) >= 11 is 0. The molecule has 1 aromatic carbocycles. The Hall–Kier alpha value is -1.87. The van der Waals surface area contributed by atoms with Crippen LogP contribution in [-0.2, 0) is 9.53 Å². The molecule has 1 aromatic rings. The van der Waals surface area contributed by atoms with Crippen LogP contribution in [0.15, 0.2) is 49.1 Å². The second-order valence-electron chi connectivity index (χ2n) is 2.88. The number of nitrogens with two attached hydrogens (primary N) is 1. The van der Waals surface area contributed by atoms with Gasteiger partial charge in [-0.1, -0.05) is 36.9 Å². The molecule has 2 N–H and O–H groups in total. The van der Waals surface area contributed by atoms with Gasteiger partial charge in [-0.15, -0.1) is 0 Å². The van der Waals surface area contributed by atoms with Gasteiger partial charge >= 0.3 is 5.97 Å². The number of hydrogen-bond acceptors (Lipinski definition) is 3. The lowest BCUT2D eigenvalue weighted by atomic mass is 10.2. The Balaban J connectivity index is 2.51. The van der Waals surface area contributed by atoms with Crippen LogP contribution in [-0.4, -0.2) is 12.2 Å². The van der Waals surface area contributed by atoms with E-state index in [1.807, 2.05) is 30.3 Å². The van der Waals surface area contributed by atoms with Gasteiger partial charge in [0, 0.05) is 6.08 Å². The largest absolute Gasteiger partial charge is 0.440 e. The SMILES string of the molecule is C=CC(N)OC(=O)C=Cc1ccccc1. The van der Waals surface area contributed by atoms with Crippen molar-refractivity contribution in [2.45, 2.75) is 6.23 Å². The zero-order chi connectivity index (χ0) is 11.1. The molecule has 0 saturated carbocycles. The molecule has 0 heterocycles. The number of ether oxygens (including phenoxy) is 1. The first-order chi connectivity index (χ1) is 7.22. The first kappa shape index (κ1) is 11.2. The molecule has 0 bridgehead atoms. The van der Waals surface area contributed by atoms with E-state index < -0.39 is 12.2 Å². The molecule has 3 nitrogen and oxygen atoms in total. The highest BCUT2D eigenvalue weighted by Gasteiger charge is 2.01. The van der Waals surface area contributed by atoms with E-state index in [1.54, 1.807) is 6.08 Å². The summed E-state index contributed by atoms with van der Waals surface area (Å²) in [4.78, 5) is 11.1. The van der Waals surface area contributed by atoms with Crippen molar-refractivity contribution in [1.29, 1.82) is 0 Å². The third-order valence-electron chi connectivity index (χ3n) is 1.70. The molecular formula is C12H13NO2. The van der Waals surface area contributed by atoms with Gasteiger partial charge in [-0.3, -0.25) is 5.73 Å². The van der Waals surface area contributed by atoms with Crippen molar-refractivity contribution in [1.82, 2.24) is 0 Å². The predicted molar refractivity (Wildman–Crippen MR) is 59.7 cm³/mol. The molecule has 0 amide bonds. The lowest BCUT2D eigenvalue weighted by Gasteiger charge is -2.04. The van der Waals surface area contributed by atoms with Crippen LogP contribution in [0.5, 0.6) is 0 Å². The van der Waals surface area contributed by atoms with Gasteiger partial charge in [0.25, 0.3) is 0 Å². The molecule has 0 aliphatic rings. The number of carbonyl (C=O) groups is 1. The van der Waals surface area contributed by atoms with Crippen LogP contribution in [0.1, 0.15) is 5.56 Å². The third kappa shape index (κ3) is 4.24. The Morgan fingerprint density at radius 3 is 2.67 bits per heavy atom. The van der Waals surface area contributed by atoms with E-state index in [1.165, 1.54) is 12.2 Å². The quantitative estimate of drug-likeness (QED) is 0.351. The summed E-state index contributed by atoms with van der Waals surface area (Å²) < 4.78 is 4.76. The summed E-state index contributed by atoms with van der Waals surface area (Å²) in [7, 11) is 0. The molecule has 0 radical (unpaired) electrons. The van der Waals surface area contributed by atoms with Gasteiger partial charge in [0.15, 0.2) is 6.23 Å². The van der Waals surface area contributed by atoms with Gasteiger partial charge < -0.3 is 4.74 Å². The first-order valence-corrected chi connectivity index (χ1v) is 4.54. The van der Waals surface area contributed by atoms with Crippen molar-refractivity contribution in [3.63, 3.8) is 0 Å². The summed E-state index contributed by atoms with van der Waals surface area (Å²) in [5, 5.41) is 0. The lowest BCUT2D eigenvalue weighted by molar-refractivity contribution is -0.140.